The summed E-state index contributed by atoms with van der Waals surface area (Å²) in [6.07, 6.45) is 4.50. The van der Waals surface area contributed by atoms with Crippen LogP contribution in [0.2, 0.25) is 0 Å². The summed E-state index contributed by atoms with van der Waals surface area (Å²) in [5.74, 6) is 0. The first-order valence-electron chi connectivity index (χ1n) is 6.38. The summed E-state index contributed by atoms with van der Waals surface area (Å²) in [5, 5.41) is 0. The molecule has 0 heterocycles. The van der Waals surface area contributed by atoms with Crippen molar-refractivity contribution in [2.75, 3.05) is 19.8 Å². The Morgan fingerprint density at radius 1 is 1.12 bits per heavy atom. The van der Waals surface area contributed by atoms with E-state index in [1.165, 1.54) is 12.8 Å². The predicted octanol–water partition coefficient (Wildman–Crippen LogP) is 1.67. The highest BCUT2D eigenvalue weighted by atomic mass is 16.7. The third-order valence-corrected chi connectivity index (χ3v) is 2.91. The minimum absolute atomic E-state index is 0.178. The Morgan fingerprint density at radius 2 is 1.75 bits per heavy atom. The summed E-state index contributed by atoms with van der Waals surface area (Å²) < 4.78 is 16.6. The normalized spacial score (nSPS) is 26.2. The lowest BCUT2D eigenvalue weighted by atomic mass is 9.93. The fourth-order valence-electron chi connectivity index (χ4n) is 2.05. The standard InChI is InChI=1S/C12H25NO3/c1-3-14-12(15-4-2)9-16-11-8-6-5-7-10(11)13/h10-12H,3-9,13H2,1-2H3. The average Bonchev–Trinajstić information content (AvgIpc) is 2.28. The van der Waals surface area contributed by atoms with Gasteiger partial charge in [-0.3, -0.25) is 0 Å². The molecule has 4 heteroatoms. The molecule has 1 aliphatic carbocycles. The first kappa shape index (κ1) is 13.9. The summed E-state index contributed by atoms with van der Waals surface area (Å²) in [7, 11) is 0. The van der Waals surface area contributed by atoms with Crippen molar-refractivity contribution in [3.63, 3.8) is 0 Å². The molecule has 1 rings (SSSR count). The van der Waals surface area contributed by atoms with Gasteiger partial charge in [0.1, 0.15) is 0 Å². The lowest BCUT2D eigenvalue weighted by Gasteiger charge is -2.30. The van der Waals surface area contributed by atoms with Crippen LogP contribution in [0.5, 0.6) is 0 Å². The Bertz CT molecular complexity index is 172. The van der Waals surface area contributed by atoms with E-state index < -0.39 is 0 Å². The monoisotopic (exact) mass is 231 g/mol. The van der Waals surface area contributed by atoms with Gasteiger partial charge < -0.3 is 19.9 Å². The van der Waals surface area contributed by atoms with Crippen LogP contribution < -0.4 is 5.73 Å². The molecule has 0 aromatic heterocycles. The van der Waals surface area contributed by atoms with Gasteiger partial charge in [-0.2, -0.15) is 0 Å². The molecule has 2 unspecified atom stereocenters. The summed E-state index contributed by atoms with van der Waals surface area (Å²) in [6.45, 7) is 5.69. The van der Waals surface area contributed by atoms with Gasteiger partial charge in [0.25, 0.3) is 0 Å². The molecular formula is C12H25NO3. The van der Waals surface area contributed by atoms with Crippen molar-refractivity contribution >= 4 is 0 Å². The Balaban J connectivity index is 2.23. The largest absolute Gasteiger partial charge is 0.371 e. The van der Waals surface area contributed by atoms with Gasteiger partial charge in [-0.25, -0.2) is 0 Å². The maximum atomic E-state index is 6.01. The summed E-state index contributed by atoms with van der Waals surface area (Å²) in [6, 6.07) is 0.178. The van der Waals surface area contributed by atoms with E-state index >= 15 is 0 Å². The zero-order chi connectivity index (χ0) is 11.8. The quantitative estimate of drug-likeness (QED) is 0.677. The van der Waals surface area contributed by atoms with E-state index in [0.29, 0.717) is 19.8 Å². The Hall–Kier alpha value is -0.160. The van der Waals surface area contributed by atoms with Crippen LogP contribution in [0.15, 0.2) is 0 Å². The highest BCUT2D eigenvalue weighted by molar-refractivity contribution is 4.78. The molecule has 0 aliphatic heterocycles. The molecule has 1 fully saturated rings. The van der Waals surface area contributed by atoms with Gasteiger partial charge in [0.05, 0.1) is 12.7 Å². The van der Waals surface area contributed by atoms with Crippen LogP contribution >= 0.6 is 0 Å². The van der Waals surface area contributed by atoms with Crippen LogP contribution in [-0.4, -0.2) is 38.3 Å². The van der Waals surface area contributed by atoms with Crippen LogP contribution in [0.25, 0.3) is 0 Å². The fourth-order valence-corrected chi connectivity index (χ4v) is 2.05. The molecule has 0 bridgehead atoms. The van der Waals surface area contributed by atoms with Crippen LogP contribution in [0.1, 0.15) is 39.5 Å². The van der Waals surface area contributed by atoms with Crippen LogP contribution in [0.3, 0.4) is 0 Å². The lowest BCUT2D eigenvalue weighted by molar-refractivity contribution is -0.179. The molecule has 0 amide bonds. The molecule has 0 saturated heterocycles. The maximum Gasteiger partial charge on any atom is 0.180 e. The first-order valence-corrected chi connectivity index (χ1v) is 6.38. The molecule has 0 aromatic rings. The fraction of sp³-hybridized carbons (Fsp3) is 1.00. The molecule has 0 aromatic carbocycles. The lowest BCUT2D eigenvalue weighted by Crippen LogP contribution is -2.41. The zero-order valence-electron chi connectivity index (χ0n) is 10.5. The topological polar surface area (TPSA) is 53.7 Å². The molecule has 0 radical (unpaired) electrons. The van der Waals surface area contributed by atoms with E-state index in [1.54, 1.807) is 0 Å². The Morgan fingerprint density at radius 3 is 2.31 bits per heavy atom. The number of hydrogen-bond acceptors (Lipinski definition) is 4. The Labute approximate surface area is 98.4 Å². The SMILES string of the molecule is CCOC(COC1CCCCC1N)OCC. The summed E-state index contributed by atoms with van der Waals surface area (Å²) in [4.78, 5) is 0. The highest BCUT2D eigenvalue weighted by Gasteiger charge is 2.23. The van der Waals surface area contributed by atoms with Gasteiger partial charge in [-0.05, 0) is 26.7 Å². The molecular weight excluding hydrogens is 206 g/mol. The predicted molar refractivity (Wildman–Crippen MR) is 63.2 cm³/mol. The van der Waals surface area contributed by atoms with Crippen molar-refractivity contribution in [3.05, 3.63) is 0 Å². The van der Waals surface area contributed by atoms with Gasteiger partial charge in [0.15, 0.2) is 6.29 Å². The van der Waals surface area contributed by atoms with E-state index in [9.17, 15) is 0 Å². The van der Waals surface area contributed by atoms with Crippen LogP contribution in [-0.2, 0) is 14.2 Å². The van der Waals surface area contributed by atoms with E-state index in [-0.39, 0.29) is 18.4 Å². The van der Waals surface area contributed by atoms with Gasteiger partial charge in [0, 0.05) is 19.3 Å². The zero-order valence-corrected chi connectivity index (χ0v) is 10.5. The van der Waals surface area contributed by atoms with Crippen molar-refractivity contribution in [1.29, 1.82) is 0 Å². The smallest absolute Gasteiger partial charge is 0.180 e. The van der Waals surface area contributed by atoms with Gasteiger partial charge in [-0.15, -0.1) is 0 Å². The second-order valence-corrected chi connectivity index (χ2v) is 4.16. The van der Waals surface area contributed by atoms with Gasteiger partial charge in [-0.1, -0.05) is 12.8 Å². The van der Waals surface area contributed by atoms with Crippen molar-refractivity contribution < 1.29 is 14.2 Å². The molecule has 16 heavy (non-hydrogen) atoms. The van der Waals surface area contributed by atoms with Gasteiger partial charge >= 0.3 is 0 Å². The maximum absolute atomic E-state index is 6.01. The summed E-state index contributed by atoms with van der Waals surface area (Å²) in [5.41, 5.74) is 6.01. The van der Waals surface area contributed by atoms with Crippen molar-refractivity contribution in [3.8, 4) is 0 Å². The number of ether oxygens (including phenoxy) is 3. The van der Waals surface area contributed by atoms with E-state index in [4.69, 9.17) is 19.9 Å². The second kappa shape index (κ2) is 8.01. The Kier molecular flexibility index (Phi) is 6.96. The van der Waals surface area contributed by atoms with Crippen molar-refractivity contribution in [2.45, 2.75) is 58.0 Å². The third kappa shape index (κ3) is 4.78. The first-order chi connectivity index (χ1) is 7.77. The van der Waals surface area contributed by atoms with Crippen molar-refractivity contribution in [2.24, 2.45) is 5.73 Å². The van der Waals surface area contributed by atoms with Crippen molar-refractivity contribution in [1.82, 2.24) is 0 Å². The number of rotatable bonds is 7. The minimum Gasteiger partial charge on any atom is -0.371 e. The van der Waals surface area contributed by atoms with Gasteiger partial charge in [0.2, 0.25) is 0 Å². The summed E-state index contributed by atoms with van der Waals surface area (Å²) >= 11 is 0. The molecule has 4 nitrogen and oxygen atoms in total. The van der Waals surface area contributed by atoms with E-state index in [2.05, 4.69) is 0 Å². The van der Waals surface area contributed by atoms with Crippen LogP contribution in [0, 0.1) is 0 Å². The molecule has 96 valence electrons. The molecule has 1 saturated carbocycles. The molecule has 0 spiro atoms. The number of hydrogen-bond donors (Lipinski definition) is 1. The average molecular weight is 231 g/mol. The minimum atomic E-state index is -0.246. The van der Waals surface area contributed by atoms with E-state index in [1.807, 2.05) is 13.8 Å². The second-order valence-electron chi connectivity index (χ2n) is 4.16. The molecule has 2 N–H and O–H groups in total. The molecule has 2 atom stereocenters. The molecule has 1 aliphatic rings. The third-order valence-electron chi connectivity index (χ3n) is 2.91. The number of nitrogens with two attached hydrogens (primary N) is 1. The van der Waals surface area contributed by atoms with Crippen LogP contribution in [0.4, 0.5) is 0 Å². The van der Waals surface area contributed by atoms with E-state index in [0.717, 1.165) is 12.8 Å². The highest BCUT2D eigenvalue weighted by Crippen LogP contribution is 2.20.